The van der Waals surface area contributed by atoms with E-state index in [1.54, 1.807) is 0 Å². The largest absolute Gasteiger partial charge is 1.00 e. The molecule has 1 rings (SSSR count). The third-order valence-electron chi connectivity index (χ3n) is 3.53. The average molecular weight is 364 g/mol. The summed E-state index contributed by atoms with van der Waals surface area (Å²) in [6.45, 7) is 1.69. The molecule has 0 aliphatic heterocycles. The molecule has 0 atom stereocenters. The topological polar surface area (TPSA) is 34.8 Å². The van der Waals surface area contributed by atoms with Crippen molar-refractivity contribution < 1.29 is 21.5 Å². The zero-order valence-corrected chi connectivity index (χ0v) is 15.0. The molecule has 0 saturated heterocycles. The van der Waals surface area contributed by atoms with Gasteiger partial charge in [-0.3, -0.25) is 5.73 Å². The van der Waals surface area contributed by atoms with Crippen LogP contribution in [0.4, 0.5) is 0 Å². The molecule has 0 amide bonds. The molecule has 1 aromatic rings. The van der Waals surface area contributed by atoms with E-state index in [4.69, 9.17) is 5.73 Å². The molecule has 0 aliphatic carbocycles. The third kappa shape index (κ3) is 9.83. The first-order chi connectivity index (χ1) is 9.36. The number of hydrogen-bond acceptors (Lipinski definition) is 2. The molecule has 0 radical (unpaired) electrons. The fraction of sp³-hybridized carbons (Fsp3) is 0.800. The van der Waals surface area contributed by atoms with Gasteiger partial charge in [-0.2, -0.15) is 12.6 Å². The van der Waals surface area contributed by atoms with Crippen LogP contribution in [0, 0.1) is 0 Å². The number of hydrogen-bond donors (Lipinski definition) is 2. The van der Waals surface area contributed by atoms with Gasteiger partial charge in [0.15, 0.2) is 0 Å². The fourth-order valence-corrected chi connectivity index (χ4v) is 2.55. The molecule has 1 heterocycles. The van der Waals surface area contributed by atoms with E-state index < -0.39 is 0 Å². The van der Waals surface area contributed by atoms with Crippen LogP contribution in [0.25, 0.3) is 0 Å². The molecule has 0 aliphatic rings. The number of imidazole rings is 1. The van der Waals surface area contributed by atoms with E-state index in [2.05, 4.69) is 29.7 Å². The summed E-state index contributed by atoms with van der Waals surface area (Å²) in [7, 11) is 0. The summed E-state index contributed by atoms with van der Waals surface area (Å²) in [4.78, 5) is 0. The summed E-state index contributed by atoms with van der Waals surface area (Å²) in [6.07, 6.45) is 18.5. The normalized spacial score (nSPS) is 10.5. The molecule has 0 fully saturated rings. The van der Waals surface area contributed by atoms with Crippen LogP contribution < -0.4 is 27.3 Å². The molecule has 0 unspecified atom stereocenters. The van der Waals surface area contributed by atoms with Crippen LogP contribution in [0.15, 0.2) is 18.7 Å². The van der Waals surface area contributed by atoms with Crippen LogP contribution in [-0.4, -0.2) is 10.3 Å². The Morgan fingerprint density at radius 3 is 1.95 bits per heavy atom. The first kappa shape index (κ1) is 20.0. The summed E-state index contributed by atoms with van der Waals surface area (Å²) in [5.41, 5.74) is 5.56. The van der Waals surface area contributed by atoms with Crippen LogP contribution in [0.1, 0.15) is 57.8 Å². The Morgan fingerprint density at radius 2 is 1.45 bits per heavy atom. The first-order valence-electron chi connectivity index (χ1n) is 7.72. The summed E-state index contributed by atoms with van der Waals surface area (Å²) < 4.78 is 4.23. The Morgan fingerprint density at radius 1 is 0.900 bits per heavy atom. The van der Waals surface area contributed by atoms with Gasteiger partial charge in [-0.25, -0.2) is 9.13 Å². The Bertz CT molecular complexity index is 318. The van der Waals surface area contributed by atoms with Crippen molar-refractivity contribution in [3.05, 3.63) is 18.7 Å². The zero-order chi connectivity index (χ0) is 13.8. The number of halogens is 1. The van der Waals surface area contributed by atoms with Crippen LogP contribution in [0.3, 0.4) is 0 Å². The van der Waals surface area contributed by atoms with E-state index in [1.165, 1.54) is 57.8 Å². The molecule has 3 nitrogen and oxygen atoms in total. The molecule has 0 saturated carbocycles. The third-order valence-corrected chi connectivity index (χ3v) is 3.85. The maximum Gasteiger partial charge on any atom is 0.244 e. The van der Waals surface area contributed by atoms with Gasteiger partial charge in [0.2, 0.25) is 6.33 Å². The quantitative estimate of drug-likeness (QED) is 0.309. The van der Waals surface area contributed by atoms with Crippen molar-refractivity contribution in [1.29, 1.82) is 0 Å². The Hall–Kier alpha value is 0. The minimum Gasteiger partial charge on any atom is -1.00 e. The second-order valence-electron chi connectivity index (χ2n) is 5.25. The summed E-state index contributed by atoms with van der Waals surface area (Å²) in [5.74, 6) is 1.05. The second-order valence-corrected chi connectivity index (χ2v) is 5.70. The number of aromatic nitrogens is 2. The lowest BCUT2D eigenvalue weighted by atomic mass is 10.1. The molecule has 0 aromatic carbocycles. The van der Waals surface area contributed by atoms with Gasteiger partial charge in [-0.05, 0) is 25.0 Å². The fourth-order valence-electron chi connectivity index (χ4n) is 2.32. The molecule has 0 spiro atoms. The maximum atomic E-state index is 5.56. The SMILES string of the molecule is NCn1cc[n+](CCCCCCCCCCCS)c1.[Br-]. The van der Waals surface area contributed by atoms with Crippen molar-refractivity contribution in [1.82, 2.24) is 4.57 Å². The molecule has 5 heteroatoms. The van der Waals surface area contributed by atoms with Gasteiger partial charge < -0.3 is 17.0 Å². The van der Waals surface area contributed by atoms with Gasteiger partial charge in [0.1, 0.15) is 19.1 Å². The number of unbranched alkanes of at least 4 members (excludes halogenated alkanes) is 8. The van der Waals surface area contributed by atoms with Crippen LogP contribution >= 0.6 is 12.6 Å². The average Bonchev–Trinajstić information content (AvgIpc) is 2.89. The van der Waals surface area contributed by atoms with Gasteiger partial charge >= 0.3 is 0 Å². The lowest BCUT2D eigenvalue weighted by Crippen LogP contribution is -3.00. The number of aryl methyl sites for hydroxylation is 1. The molecular weight excluding hydrogens is 334 g/mol. The monoisotopic (exact) mass is 363 g/mol. The number of nitrogens with two attached hydrogens (primary N) is 1. The standard InChI is InChI=1S/C15H29N3S.BrH/c16-14-18-12-11-17(15-18)10-8-6-4-2-1-3-5-7-9-13-19;/h11-12,15H,1-10,13-14,16H2;1H. The summed E-state index contributed by atoms with van der Waals surface area (Å²) in [6, 6.07) is 0. The molecule has 20 heavy (non-hydrogen) atoms. The highest BCUT2D eigenvalue weighted by molar-refractivity contribution is 7.80. The van der Waals surface area contributed by atoms with Crippen LogP contribution in [0.5, 0.6) is 0 Å². The molecule has 2 N–H and O–H groups in total. The number of thiol groups is 1. The Balaban J connectivity index is 0.00000361. The lowest BCUT2D eigenvalue weighted by molar-refractivity contribution is -0.696. The van der Waals surface area contributed by atoms with Crippen molar-refractivity contribution in [2.45, 2.75) is 71.0 Å². The van der Waals surface area contributed by atoms with Crippen molar-refractivity contribution in [2.75, 3.05) is 5.75 Å². The van der Waals surface area contributed by atoms with Crippen molar-refractivity contribution in [2.24, 2.45) is 5.73 Å². The Labute approximate surface area is 140 Å². The molecule has 0 bridgehead atoms. The van der Waals surface area contributed by atoms with E-state index in [9.17, 15) is 0 Å². The zero-order valence-electron chi connectivity index (χ0n) is 12.5. The molecule has 118 valence electrons. The van der Waals surface area contributed by atoms with E-state index in [0.29, 0.717) is 6.67 Å². The number of rotatable bonds is 12. The van der Waals surface area contributed by atoms with E-state index in [0.717, 1.165) is 12.3 Å². The Kier molecular flexibility index (Phi) is 14.0. The predicted molar refractivity (Wildman–Crippen MR) is 84.2 cm³/mol. The smallest absolute Gasteiger partial charge is 0.244 e. The van der Waals surface area contributed by atoms with E-state index in [1.807, 2.05) is 10.8 Å². The van der Waals surface area contributed by atoms with Gasteiger partial charge in [-0.1, -0.05) is 38.5 Å². The van der Waals surface area contributed by atoms with Gasteiger partial charge in [0.05, 0.1) is 6.54 Å². The molecular formula is C15H30BrN3S. The highest BCUT2D eigenvalue weighted by Crippen LogP contribution is 2.09. The van der Waals surface area contributed by atoms with E-state index >= 15 is 0 Å². The highest BCUT2D eigenvalue weighted by Gasteiger charge is 2.01. The summed E-state index contributed by atoms with van der Waals surface area (Å²) >= 11 is 4.23. The van der Waals surface area contributed by atoms with Crippen molar-refractivity contribution in [3.63, 3.8) is 0 Å². The lowest BCUT2D eigenvalue weighted by Gasteiger charge is -2.01. The van der Waals surface area contributed by atoms with Crippen LogP contribution in [0.2, 0.25) is 0 Å². The van der Waals surface area contributed by atoms with E-state index in [-0.39, 0.29) is 17.0 Å². The molecule has 1 aromatic heterocycles. The summed E-state index contributed by atoms with van der Waals surface area (Å²) in [5, 5.41) is 0. The second kappa shape index (κ2) is 14.0. The number of nitrogens with zero attached hydrogens (tertiary/aromatic N) is 2. The predicted octanol–water partition coefficient (Wildman–Crippen LogP) is 0.137. The first-order valence-corrected chi connectivity index (χ1v) is 8.36. The minimum absolute atomic E-state index is 0. The van der Waals surface area contributed by atoms with Gasteiger partial charge in [-0.15, -0.1) is 0 Å². The maximum absolute atomic E-state index is 5.56. The van der Waals surface area contributed by atoms with Gasteiger partial charge in [0.25, 0.3) is 0 Å². The van der Waals surface area contributed by atoms with Crippen molar-refractivity contribution >= 4 is 12.6 Å². The van der Waals surface area contributed by atoms with Crippen LogP contribution in [-0.2, 0) is 13.2 Å². The minimum atomic E-state index is 0. The van der Waals surface area contributed by atoms with Gasteiger partial charge in [0, 0.05) is 0 Å². The van der Waals surface area contributed by atoms with Crippen molar-refractivity contribution in [3.8, 4) is 0 Å². The highest BCUT2D eigenvalue weighted by atomic mass is 79.9.